The molecule has 1 aliphatic rings. The van der Waals surface area contributed by atoms with Gasteiger partial charge in [-0.05, 0) is 0 Å². The Bertz CT molecular complexity index is 159. The maximum Gasteiger partial charge on any atom is 0.307 e. The minimum Gasteiger partial charge on any atom is -1.00 e. The van der Waals surface area contributed by atoms with Crippen molar-refractivity contribution in [1.82, 2.24) is 4.90 Å². The van der Waals surface area contributed by atoms with E-state index in [4.69, 9.17) is 9.84 Å². The van der Waals surface area contributed by atoms with Gasteiger partial charge in [0.2, 0.25) is 0 Å². The zero-order valence-electron chi connectivity index (χ0n) is 7.70. The van der Waals surface area contributed by atoms with Crippen LogP contribution in [0.5, 0.6) is 0 Å². The normalized spacial score (nSPS) is 20.4. The second kappa shape index (κ2) is 6.18. The lowest BCUT2D eigenvalue weighted by Crippen LogP contribution is -3.00. The number of carboxylic acid groups (broad SMARTS) is 1. The third-order valence-electron chi connectivity index (χ3n) is 2.06. The molecule has 1 saturated heterocycles. The van der Waals surface area contributed by atoms with Gasteiger partial charge in [0.25, 0.3) is 0 Å². The van der Waals surface area contributed by atoms with E-state index in [0.29, 0.717) is 6.54 Å². The lowest BCUT2D eigenvalue weighted by Gasteiger charge is -2.27. The first-order chi connectivity index (χ1) is 5.70. The fraction of sp³-hybridized carbons (Fsp3) is 0.875. The minimum atomic E-state index is -0.721. The van der Waals surface area contributed by atoms with Gasteiger partial charge in [-0.15, -0.1) is 0 Å². The summed E-state index contributed by atoms with van der Waals surface area (Å²) >= 11 is 0. The van der Waals surface area contributed by atoms with E-state index >= 15 is 0 Å². The van der Waals surface area contributed by atoms with Crippen LogP contribution in [0.25, 0.3) is 0 Å². The molecule has 0 aromatic heterocycles. The first-order valence-corrected chi connectivity index (χ1v) is 4.23. The number of ether oxygens (including phenoxy) is 1. The van der Waals surface area contributed by atoms with Crippen LogP contribution in [0.3, 0.4) is 0 Å². The Kier molecular flexibility index (Phi) is 6.03. The monoisotopic (exact) mass is 208 g/mol. The van der Waals surface area contributed by atoms with Crippen molar-refractivity contribution in [3.8, 4) is 0 Å². The van der Waals surface area contributed by atoms with E-state index in [9.17, 15) is 4.79 Å². The van der Waals surface area contributed by atoms with Gasteiger partial charge in [-0.25, -0.2) is 0 Å². The number of aliphatic carboxylic acids is 1. The summed E-state index contributed by atoms with van der Waals surface area (Å²) in [5.41, 5.74) is 0. The first-order valence-electron chi connectivity index (χ1n) is 4.23. The Morgan fingerprint density at radius 3 is 2.54 bits per heavy atom. The number of rotatable bonds is 3. The molecule has 0 saturated carbocycles. The molecule has 0 aliphatic carbocycles. The van der Waals surface area contributed by atoms with Crippen molar-refractivity contribution in [1.29, 1.82) is 0 Å². The van der Waals surface area contributed by atoms with Gasteiger partial charge in [0.05, 0.1) is 19.1 Å². The van der Waals surface area contributed by atoms with Crippen LogP contribution in [-0.4, -0.2) is 48.8 Å². The average Bonchev–Trinajstić information content (AvgIpc) is 2.06. The van der Waals surface area contributed by atoms with Crippen LogP contribution < -0.4 is 12.4 Å². The summed E-state index contributed by atoms with van der Waals surface area (Å²) in [5, 5.41) is 8.65. The molecule has 4 nitrogen and oxygen atoms in total. The van der Waals surface area contributed by atoms with Crippen LogP contribution >= 0.6 is 0 Å². The summed E-state index contributed by atoms with van der Waals surface area (Å²) in [6, 6.07) is 0. The zero-order chi connectivity index (χ0) is 8.97. The van der Waals surface area contributed by atoms with Crippen molar-refractivity contribution < 1.29 is 27.0 Å². The molecule has 0 aromatic carbocycles. The Morgan fingerprint density at radius 1 is 1.54 bits per heavy atom. The standard InChI is InChI=1S/C8H15NO3.ClH/c1-7(8(10)11)6-9-2-4-12-5-3-9;/h7H,2-6H2,1H3,(H,10,11);1H/p-1. The maximum atomic E-state index is 10.5. The van der Waals surface area contributed by atoms with E-state index < -0.39 is 5.97 Å². The molecule has 0 aromatic rings. The summed E-state index contributed by atoms with van der Waals surface area (Å²) < 4.78 is 5.15. The molecule has 13 heavy (non-hydrogen) atoms. The van der Waals surface area contributed by atoms with Gasteiger partial charge in [-0.1, -0.05) is 6.92 Å². The first kappa shape index (κ1) is 12.7. The van der Waals surface area contributed by atoms with Crippen molar-refractivity contribution in [2.45, 2.75) is 6.92 Å². The molecule has 0 bridgehead atoms. The fourth-order valence-corrected chi connectivity index (χ4v) is 1.25. The molecule has 0 spiro atoms. The van der Waals surface area contributed by atoms with Crippen LogP contribution in [0.1, 0.15) is 6.92 Å². The largest absolute Gasteiger partial charge is 1.00 e. The fourth-order valence-electron chi connectivity index (χ4n) is 1.25. The molecule has 0 radical (unpaired) electrons. The topological polar surface area (TPSA) is 49.8 Å². The van der Waals surface area contributed by atoms with Gasteiger partial charge in [0.15, 0.2) is 0 Å². The smallest absolute Gasteiger partial charge is 0.307 e. The zero-order valence-corrected chi connectivity index (χ0v) is 8.46. The van der Waals surface area contributed by atoms with E-state index in [1.54, 1.807) is 6.92 Å². The molecule has 1 rings (SSSR count). The van der Waals surface area contributed by atoms with Crippen LogP contribution in [0, 0.1) is 5.92 Å². The third-order valence-corrected chi connectivity index (χ3v) is 2.06. The van der Waals surface area contributed by atoms with E-state index in [1.165, 1.54) is 0 Å². The van der Waals surface area contributed by atoms with Gasteiger partial charge in [0.1, 0.15) is 0 Å². The SMILES string of the molecule is CC(CN1CCOCC1)C(=O)O.[Cl-]. The molecular formula is C8H15ClNO3-. The number of halogens is 1. The highest BCUT2D eigenvalue weighted by molar-refractivity contribution is 5.69. The van der Waals surface area contributed by atoms with E-state index in [2.05, 4.69) is 4.90 Å². The summed E-state index contributed by atoms with van der Waals surface area (Å²) in [5.74, 6) is -0.996. The number of morpholine rings is 1. The Balaban J connectivity index is 0.00000144. The molecular weight excluding hydrogens is 194 g/mol. The molecule has 78 valence electrons. The molecule has 1 unspecified atom stereocenters. The van der Waals surface area contributed by atoms with Crippen molar-refractivity contribution in [3.63, 3.8) is 0 Å². The van der Waals surface area contributed by atoms with Crippen molar-refractivity contribution in [3.05, 3.63) is 0 Å². The lowest BCUT2D eigenvalue weighted by atomic mass is 10.1. The number of carboxylic acids is 1. The molecule has 1 fully saturated rings. The molecule has 1 N–H and O–H groups in total. The number of hydrogen-bond donors (Lipinski definition) is 1. The van der Waals surface area contributed by atoms with Crippen LogP contribution in [0.4, 0.5) is 0 Å². The van der Waals surface area contributed by atoms with Gasteiger partial charge < -0.3 is 22.3 Å². The Hall–Kier alpha value is -0.320. The molecule has 1 aliphatic heterocycles. The van der Waals surface area contributed by atoms with E-state index in [0.717, 1.165) is 26.3 Å². The van der Waals surface area contributed by atoms with Crippen LogP contribution in [-0.2, 0) is 9.53 Å². The predicted molar refractivity (Wildman–Crippen MR) is 44.1 cm³/mol. The quantitative estimate of drug-likeness (QED) is 0.539. The maximum absolute atomic E-state index is 10.5. The summed E-state index contributed by atoms with van der Waals surface area (Å²) in [7, 11) is 0. The molecule has 0 amide bonds. The molecule has 1 atom stereocenters. The predicted octanol–water partition coefficient (Wildman–Crippen LogP) is -2.96. The van der Waals surface area contributed by atoms with Crippen LogP contribution in [0.15, 0.2) is 0 Å². The van der Waals surface area contributed by atoms with E-state index in [1.807, 2.05) is 0 Å². The van der Waals surface area contributed by atoms with E-state index in [-0.39, 0.29) is 18.3 Å². The van der Waals surface area contributed by atoms with Crippen molar-refractivity contribution in [2.75, 3.05) is 32.8 Å². The molecule has 5 heteroatoms. The molecule has 1 heterocycles. The van der Waals surface area contributed by atoms with Gasteiger partial charge in [-0.2, -0.15) is 0 Å². The highest BCUT2D eigenvalue weighted by Crippen LogP contribution is 2.02. The van der Waals surface area contributed by atoms with Gasteiger partial charge >= 0.3 is 5.97 Å². The number of carbonyl (C=O) groups is 1. The highest BCUT2D eigenvalue weighted by Gasteiger charge is 2.17. The second-order valence-electron chi connectivity index (χ2n) is 3.15. The average molecular weight is 209 g/mol. The minimum absolute atomic E-state index is 0. The lowest BCUT2D eigenvalue weighted by molar-refractivity contribution is -0.142. The van der Waals surface area contributed by atoms with Crippen molar-refractivity contribution in [2.24, 2.45) is 5.92 Å². The second-order valence-corrected chi connectivity index (χ2v) is 3.15. The number of nitrogens with zero attached hydrogens (tertiary/aromatic N) is 1. The van der Waals surface area contributed by atoms with Gasteiger partial charge in [0, 0.05) is 19.6 Å². The highest BCUT2D eigenvalue weighted by atomic mass is 35.5. The van der Waals surface area contributed by atoms with Crippen LogP contribution in [0.2, 0.25) is 0 Å². The summed E-state index contributed by atoms with van der Waals surface area (Å²) in [6.45, 7) is 5.55. The summed E-state index contributed by atoms with van der Waals surface area (Å²) in [4.78, 5) is 12.6. The Labute approximate surface area is 84.3 Å². The van der Waals surface area contributed by atoms with Crippen molar-refractivity contribution >= 4 is 5.97 Å². The number of hydrogen-bond acceptors (Lipinski definition) is 3. The summed E-state index contributed by atoms with van der Waals surface area (Å²) in [6.07, 6.45) is 0. The third kappa shape index (κ3) is 4.45. The van der Waals surface area contributed by atoms with Gasteiger partial charge in [-0.3, -0.25) is 9.69 Å². The Morgan fingerprint density at radius 2 is 2.08 bits per heavy atom.